The lowest BCUT2D eigenvalue weighted by atomic mass is 10.2. The maximum Gasteiger partial charge on any atom is 0.416 e. The van der Waals surface area contributed by atoms with Gasteiger partial charge in [-0.15, -0.1) is 0 Å². The zero-order valence-electron chi connectivity index (χ0n) is 8.87. The number of carboxylic acid groups (broad SMARTS) is 1. The molecule has 1 unspecified atom stereocenters. The average Bonchev–Trinajstić information content (AvgIpc) is 2.22. The smallest absolute Gasteiger partial charge is 0.416 e. The van der Waals surface area contributed by atoms with Gasteiger partial charge in [-0.05, 0) is 13.3 Å². The van der Waals surface area contributed by atoms with Crippen molar-refractivity contribution in [3.8, 4) is 0 Å². The molecule has 0 aromatic carbocycles. The van der Waals surface area contributed by atoms with Gasteiger partial charge in [0, 0.05) is 5.57 Å². The number of aliphatic hydroxyl groups is 1. The maximum atomic E-state index is 12.2. The summed E-state index contributed by atoms with van der Waals surface area (Å²) >= 11 is 0. The predicted molar refractivity (Wildman–Crippen MR) is 48.9 cm³/mol. The van der Waals surface area contributed by atoms with Gasteiger partial charge < -0.3 is 14.9 Å². The third-order valence-electron chi connectivity index (χ3n) is 1.76. The Hall–Kier alpha value is -1.15. The van der Waals surface area contributed by atoms with E-state index < -0.39 is 31.2 Å². The second-order valence-corrected chi connectivity index (χ2v) is 3.26. The lowest BCUT2D eigenvalue weighted by Crippen LogP contribution is -2.33. The largest absolute Gasteiger partial charge is 0.478 e. The Morgan fingerprint density at radius 1 is 1.47 bits per heavy atom. The molecule has 0 fully saturated rings. The van der Waals surface area contributed by atoms with Crippen LogP contribution in [0.25, 0.3) is 0 Å². The highest BCUT2D eigenvalue weighted by molar-refractivity contribution is 5.85. The first-order chi connectivity index (χ1) is 7.66. The maximum absolute atomic E-state index is 12.2. The number of carboxylic acids is 1. The van der Waals surface area contributed by atoms with Crippen LogP contribution in [0.5, 0.6) is 0 Å². The molecule has 0 rings (SSSR count). The summed E-state index contributed by atoms with van der Waals surface area (Å²) in [5.74, 6) is -1.23. The highest BCUT2D eigenvalue weighted by Gasteiger charge is 2.42. The fourth-order valence-electron chi connectivity index (χ4n) is 0.738. The van der Waals surface area contributed by atoms with Crippen LogP contribution in [0.3, 0.4) is 0 Å². The fourth-order valence-corrected chi connectivity index (χ4v) is 0.738. The van der Waals surface area contributed by atoms with E-state index in [0.29, 0.717) is 0 Å². The van der Waals surface area contributed by atoms with E-state index in [1.165, 1.54) is 6.92 Å². The first-order valence-electron chi connectivity index (χ1n) is 4.55. The Morgan fingerprint density at radius 3 is 2.41 bits per heavy atom. The van der Waals surface area contributed by atoms with Crippen LogP contribution in [-0.4, -0.2) is 41.4 Å². The third-order valence-corrected chi connectivity index (χ3v) is 1.76. The lowest BCUT2D eigenvalue weighted by molar-refractivity contribution is -0.306. The summed E-state index contributed by atoms with van der Waals surface area (Å²) in [5, 5.41) is 17.5. The van der Waals surface area contributed by atoms with Gasteiger partial charge >= 0.3 is 18.5 Å². The van der Waals surface area contributed by atoms with Crippen LogP contribution in [0.1, 0.15) is 13.3 Å². The fraction of sp³-hybridized carbons (Fsp3) is 0.667. The topological polar surface area (TPSA) is 66.8 Å². The number of carbonyl (C=O) groups is 1. The molecule has 17 heavy (non-hydrogen) atoms. The molecule has 100 valence electrons. The number of hydrogen-bond donors (Lipinski definition) is 2. The molecule has 0 aliphatic carbocycles. The highest BCUT2D eigenvalue weighted by atomic mass is 19.3. The van der Waals surface area contributed by atoms with E-state index in [0.717, 1.165) is 6.08 Å². The van der Waals surface area contributed by atoms with E-state index in [1.807, 2.05) is 0 Å². The Labute approximate surface area is 94.5 Å². The molecule has 8 heteroatoms. The van der Waals surface area contributed by atoms with Crippen LogP contribution in [-0.2, 0) is 9.53 Å². The van der Waals surface area contributed by atoms with E-state index in [9.17, 15) is 22.4 Å². The number of aliphatic hydroxyl groups excluding tert-OH is 1. The first-order valence-corrected chi connectivity index (χ1v) is 4.55. The molecule has 0 aromatic rings. The number of aliphatic carboxylic acids is 1. The van der Waals surface area contributed by atoms with Crippen molar-refractivity contribution in [1.82, 2.24) is 0 Å². The normalized spacial score (nSPS) is 15.1. The van der Waals surface area contributed by atoms with Gasteiger partial charge in [0.05, 0.1) is 12.7 Å². The van der Waals surface area contributed by atoms with Crippen LogP contribution in [0.4, 0.5) is 17.6 Å². The Bertz CT molecular complexity index is 291. The molecule has 0 heterocycles. The van der Waals surface area contributed by atoms with Crippen molar-refractivity contribution >= 4 is 5.97 Å². The van der Waals surface area contributed by atoms with E-state index in [-0.39, 0.29) is 12.0 Å². The molecular formula is C9H12F4O4. The molecule has 0 aliphatic heterocycles. The SMILES string of the molecule is CC(=CCC(O)COC(F)(F)C(F)F)C(=O)O. The van der Waals surface area contributed by atoms with Crippen molar-refractivity contribution < 1.29 is 37.3 Å². The van der Waals surface area contributed by atoms with Crippen LogP contribution in [0, 0.1) is 0 Å². The minimum atomic E-state index is -4.62. The van der Waals surface area contributed by atoms with Crippen molar-refractivity contribution in [1.29, 1.82) is 0 Å². The summed E-state index contributed by atoms with van der Waals surface area (Å²) in [4.78, 5) is 10.3. The molecule has 0 radical (unpaired) electrons. The quantitative estimate of drug-likeness (QED) is 0.539. The van der Waals surface area contributed by atoms with Gasteiger partial charge in [0.15, 0.2) is 0 Å². The lowest BCUT2D eigenvalue weighted by Gasteiger charge is -2.17. The average molecular weight is 260 g/mol. The van der Waals surface area contributed by atoms with Gasteiger partial charge in [-0.1, -0.05) is 6.08 Å². The number of alkyl halides is 4. The number of ether oxygens (including phenoxy) is 1. The Balaban J connectivity index is 4.09. The van der Waals surface area contributed by atoms with E-state index >= 15 is 0 Å². The molecule has 0 bridgehead atoms. The van der Waals surface area contributed by atoms with Crippen LogP contribution in [0.15, 0.2) is 11.6 Å². The highest BCUT2D eigenvalue weighted by Crippen LogP contribution is 2.24. The van der Waals surface area contributed by atoms with Gasteiger partial charge in [0.2, 0.25) is 0 Å². The number of rotatable bonds is 7. The summed E-state index contributed by atoms with van der Waals surface area (Å²) in [6, 6.07) is 0. The first kappa shape index (κ1) is 15.9. The van der Waals surface area contributed by atoms with Gasteiger partial charge in [-0.25, -0.2) is 13.6 Å². The second-order valence-electron chi connectivity index (χ2n) is 3.26. The summed E-state index contributed by atoms with van der Waals surface area (Å²) in [7, 11) is 0. The third kappa shape index (κ3) is 6.22. The van der Waals surface area contributed by atoms with Gasteiger partial charge in [-0.2, -0.15) is 8.78 Å². The molecule has 0 saturated carbocycles. The molecule has 4 nitrogen and oxygen atoms in total. The molecule has 0 aromatic heterocycles. The summed E-state index contributed by atoms with van der Waals surface area (Å²) in [5.41, 5.74) is -0.0929. The van der Waals surface area contributed by atoms with Crippen molar-refractivity contribution in [2.75, 3.05) is 6.61 Å². The summed E-state index contributed by atoms with van der Waals surface area (Å²) in [6.07, 6.45) is -9.28. The molecule has 1 atom stereocenters. The van der Waals surface area contributed by atoms with Crippen molar-refractivity contribution in [2.24, 2.45) is 0 Å². The Kier molecular flexibility index (Phi) is 6.11. The van der Waals surface area contributed by atoms with Gasteiger partial charge in [0.25, 0.3) is 0 Å². The second kappa shape index (κ2) is 6.55. The molecular weight excluding hydrogens is 248 g/mol. The van der Waals surface area contributed by atoms with Crippen molar-refractivity contribution in [3.63, 3.8) is 0 Å². The standard InChI is InChI=1S/C9H12F4O4/c1-5(7(15)16)2-3-6(14)4-17-9(12,13)8(10)11/h2,6,8,14H,3-4H2,1H3,(H,15,16). The van der Waals surface area contributed by atoms with Crippen molar-refractivity contribution in [3.05, 3.63) is 11.6 Å². The van der Waals surface area contributed by atoms with E-state index in [2.05, 4.69) is 4.74 Å². The molecule has 0 spiro atoms. The molecule has 2 N–H and O–H groups in total. The molecule has 0 amide bonds. The van der Waals surface area contributed by atoms with Gasteiger partial charge in [-0.3, -0.25) is 0 Å². The zero-order chi connectivity index (χ0) is 13.6. The molecule has 0 saturated heterocycles. The van der Waals surface area contributed by atoms with E-state index in [1.54, 1.807) is 0 Å². The van der Waals surface area contributed by atoms with Crippen LogP contribution >= 0.6 is 0 Å². The minimum Gasteiger partial charge on any atom is -0.478 e. The van der Waals surface area contributed by atoms with Crippen LogP contribution in [0.2, 0.25) is 0 Å². The summed E-state index contributed by atoms with van der Waals surface area (Å²) < 4.78 is 51.3. The van der Waals surface area contributed by atoms with Crippen molar-refractivity contribution in [2.45, 2.75) is 32.0 Å². The zero-order valence-corrected chi connectivity index (χ0v) is 8.87. The minimum absolute atomic E-state index is 0.0929. The van der Waals surface area contributed by atoms with Gasteiger partial charge in [0.1, 0.15) is 0 Å². The Morgan fingerprint density at radius 2 is 2.00 bits per heavy atom. The van der Waals surface area contributed by atoms with Crippen LogP contribution < -0.4 is 0 Å². The number of halogens is 4. The predicted octanol–water partition coefficient (Wildman–Crippen LogP) is 1.64. The van der Waals surface area contributed by atoms with E-state index in [4.69, 9.17) is 10.2 Å². The number of hydrogen-bond acceptors (Lipinski definition) is 3. The monoisotopic (exact) mass is 260 g/mol. The molecule has 0 aliphatic rings. The summed E-state index contributed by atoms with van der Waals surface area (Å²) in [6.45, 7) is 0.227.